The van der Waals surface area contributed by atoms with Crippen LogP contribution in [-0.2, 0) is 27.3 Å². The fraction of sp³-hybridized carbons (Fsp3) is 0.292. The van der Waals surface area contributed by atoms with E-state index in [2.05, 4.69) is 9.84 Å². The van der Waals surface area contributed by atoms with Gasteiger partial charge in [0, 0.05) is 37.3 Å². The first-order valence-corrected chi connectivity index (χ1v) is 10.1. The van der Waals surface area contributed by atoms with E-state index >= 15 is 0 Å². The number of methoxy groups -OCH3 is 1. The summed E-state index contributed by atoms with van der Waals surface area (Å²) in [5, 5.41) is 4.64. The van der Waals surface area contributed by atoms with Gasteiger partial charge in [0.15, 0.2) is 0 Å². The molecule has 0 unspecified atom stereocenters. The molecule has 0 saturated heterocycles. The van der Waals surface area contributed by atoms with Crippen LogP contribution in [0.1, 0.15) is 34.9 Å². The number of nitrogens with zero attached hydrogens (tertiary/aromatic N) is 3. The third kappa shape index (κ3) is 5.51. The highest BCUT2D eigenvalue weighted by Crippen LogP contribution is 2.19. The second-order valence-corrected chi connectivity index (χ2v) is 7.30. The largest absolute Gasteiger partial charge is 0.469 e. The highest BCUT2D eigenvalue weighted by atomic mass is 16.5. The van der Waals surface area contributed by atoms with Crippen LogP contribution < -0.4 is 0 Å². The van der Waals surface area contributed by atoms with Crippen molar-refractivity contribution in [1.29, 1.82) is 0 Å². The molecule has 0 aliphatic rings. The number of esters is 1. The van der Waals surface area contributed by atoms with Crippen molar-refractivity contribution in [3.63, 3.8) is 0 Å². The van der Waals surface area contributed by atoms with Crippen LogP contribution in [-0.4, -0.2) is 40.7 Å². The number of amides is 1. The predicted octanol–water partition coefficient (Wildman–Crippen LogP) is 3.86. The highest BCUT2D eigenvalue weighted by Gasteiger charge is 2.16. The second-order valence-electron chi connectivity index (χ2n) is 7.30. The summed E-state index contributed by atoms with van der Waals surface area (Å²) in [6.45, 7) is 4.42. The molecule has 1 aromatic carbocycles. The van der Waals surface area contributed by atoms with Crippen LogP contribution in [0.4, 0.5) is 0 Å². The molecule has 3 aromatic rings. The monoisotopic (exact) mass is 421 g/mol. The molecule has 0 aliphatic carbocycles. The van der Waals surface area contributed by atoms with E-state index in [4.69, 9.17) is 4.42 Å². The van der Waals surface area contributed by atoms with Crippen molar-refractivity contribution in [2.45, 2.75) is 33.2 Å². The van der Waals surface area contributed by atoms with Gasteiger partial charge in [0.1, 0.15) is 11.5 Å². The molecule has 0 aliphatic heterocycles. The van der Waals surface area contributed by atoms with Crippen molar-refractivity contribution in [3.05, 3.63) is 77.0 Å². The Kier molecular flexibility index (Phi) is 7.07. The Hall–Kier alpha value is -3.61. The van der Waals surface area contributed by atoms with Crippen LogP contribution in [0.15, 0.2) is 53.0 Å². The molecule has 162 valence electrons. The van der Waals surface area contributed by atoms with Crippen LogP contribution in [0.25, 0.3) is 11.8 Å². The fourth-order valence-electron chi connectivity index (χ4n) is 3.27. The van der Waals surface area contributed by atoms with E-state index in [1.807, 2.05) is 48.9 Å². The van der Waals surface area contributed by atoms with Crippen molar-refractivity contribution in [2.24, 2.45) is 0 Å². The Bertz CT molecular complexity index is 1080. The fourth-order valence-corrected chi connectivity index (χ4v) is 3.27. The average molecular weight is 421 g/mol. The minimum absolute atomic E-state index is 0.140. The number of carbonyl (C=O) groups is 2. The molecule has 3 rings (SSSR count). The molecule has 0 bridgehead atoms. The molecule has 1 amide bonds. The lowest BCUT2D eigenvalue weighted by molar-refractivity contribution is -0.140. The zero-order chi connectivity index (χ0) is 22.4. The van der Waals surface area contributed by atoms with Gasteiger partial charge in [-0.15, -0.1) is 0 Å². The highest BCUT2D eigenvalue weighted by molar-refractivity contribution is 5.91. The summed E-state index contributed by atoms with van der Waals surface area (Å²) in [5.74, 6) is 0.807. The topological polar surface area (TPSA) is 77.6 Å². The molecule has 0 fully saturated rings. The van der Waals surface area contributed by atoms with Gasteiger partial charge in [0.05, 0.1) is 24.9 Å². The Morgan fingerprint density at radius 2 is 1.90 bits per heavy atom. The Morgan fingerprint density at radius 1 is 1.16 bits per heavy atom. The SMILES string of the molecule is COC(=O)CCc1ccc(/C=C/C(=O)N(C)Cc2c(C)nn(-c3ccccc3)c2C)o1. The van der Waals surface area contributed by atoms with E-state index in [0.717, 1.165) is 22.6 Å². The van der Waals surface area contributed by atoms with E-state index in [0.29, 0.717) is 24.5 Å². The van der Waals surface area contributed by atoms with Gasteiger partial charge in [0.25, 0.3) is 0 Å². The first kappa shape index (κ1) is 22.1. The zero-order valence-electron chi connectivity index (χ0n) is 18.3. The first-order valence-electron chi connectivity index (χ1n) is 10.1. The van der Waals surface area contributed by atoms with Gasteiger partial charge >= 0.3 is 5.97 Å². The van der Waals surface area contributed by atoms with Crippen molar-refractivity contribution >= 4 is 18.0 Å². The Morgan fingerprint density at radius 3 is 2.61 bits per heavy atom. The third-order valence-electron chi connectivity index (χ3n) is 5.09. The zero-order valence-corrected chi connectivity index (χ0v) is 18.3. The maximum Gasteiger partial charge on any atom is 0.305 e. The number of benzene rings is 1. The normalized spacial score (nSPS) is 11.1. The molecule has 2 heterocycles. The average Bonchev–Trinajstić information content (AvgIpc) is 3.35. The van der Waals surface area contributed by atoms with Crippen LogP contribution in [0, 0.1) is 13.8 Å². The molecular formula is C24H27N3O4. The van der Waals surface area contributed by atoms with E-state index in [1.165, 1.54) is 13.2 Å². The number of furan rings is 1. The first-order chi connectivity index (χ1) is 14.9. The van der Waals surface area contributed by atoms with Crippen molar-refractivity contribution < 1.29 is 18.7 Å². The molecule has 0 radical (unpaired) electrons. The summed E-state index contributed by atoms with van der Waals surface area (Å²) >= 11 is 0. The molecule has 2 aromatic heterocycles. The Labute approximate surface area is 181 Å². The number of aromatic nitrogens is 2. The van der Waals surface area contributed by atoms with Crippen molar-refractivity contribution in [3.8, 4) is 5.69 Å². The lowest BCUT2D eigenvalue weighted by atomic mass is 10.2. The van der Waals surface area contributed by atoms with Gasteiger partial charge in [-0.25, -0.2) is 4.68 Å². The summed E-state index contributed by atoms with van der Waals surface area (Å²) in [7, 11) is 3.12. The minimum atomic E-state index is -0.286. The number of rotatable bonds is 8. The van der Waals surface area contributed by atoms with Gasteiger partial charge in [-0.3, -0.25) is 9.59 Å². The predicted molar refractivity (Wildman–Crippen MR) is 118 cm³/mol. The van der Waals surface area contributed by atoms with E-state index in [9.17, 15) is 9.59 Å². The standard InChI is InChI=1S/C24H27N3O4/c1-17-22(18(2)27(25-17)19-8-6-5-7-9-19)16-26(3)23(28)14-12-20-10-11-21(31-20)13-15-24(29)30-4/h5-12,14H,13,15-16H2,1-4H3/b14-12+. The van der Waals surface area contributed by atoms with Crippen LogP contribution in [0.2, 0.25) is 0 Å². The van der Waals surface area contributed by atoms with Crippen molar-refractivity contribution in [1.82, 2.24) is 14.7 Å². The summed E-state index contributed by atoms with van der Waals surface area (Å²) in [6.07, 6.45) is 3.82. The van der Waals surface area contributed by atoms with E-state index < -0.39 is 0 Å². The summed E-state index contributed by atoms with van der Waals surface area (Å²) in [5.41, 5.74) is 3.92. The number of carbonyl (C=O) groups excluding carboxylic acids is 2. The summed E-state index contributed by atoms with van der Waals surface area (Å²) in [4.78, 5) is 25.5. The second kappa shape index (κ2) is 9.93. The van der Waals surface area contributed by atoms with Gasteiger partial charge in [-0.1, -0.05) is 18.2 Å². The molecule has 0 N–H and O–H groups in total. The quantitative estimate of drug-likeness (QED) is 0.408. The number of hydrogen-bond donors (Lipinski definition) is 0. The summed E-state index contributed by atoms with van der Waals surface area (Å²) < 4.78 is 12.2. The maximum absolute atomic E-state index is 12.6. The van der Waals surface area contributed by atoms with Crippen LogP contribution in [0.3, 0.4) is 0 Å². The number of likely N-dealkylation sites (N-methyl/N-ethyl adjacent to an activating group) is 1. The lowest BCUT2D eigenvalue weighted by Gasteiger charge is -2.15. The molecular weight excluding hydrogens is 394 g/mol. The smallest absolute Gasteiger partial charge is 0.305 e. The molecule has 0 saturated carbocycles. The van der Waals surface area contributed by atoms with Crippen LogP contribution in [0.5, 0.6) is 0 Å². The molecule has 31 heavy (non-hydrogen) atoms. The van der Waals surface area contributed by atoms with Crippen molar-refractivity contribution in [2.75, 3.05) is 14.2 Å². The number of aryl methyl sites for hydroxylation is 2. The number of para-hydroxylation sites is 1. The summed E-state index contributed by atoms with van der Waals surface area (Å²) in [6, 6.07) is 13.5. The molecule has 0 spiro atoms. The number of ether oxygens (including phenoxy) is 1. The number of hydrogen-bond acceptors (Lipinski definition) is 5. The minimum Gasteiger partial charge on any atom is -0.469 e. The third-order valence-corrected chi connectivity index (χ3v) is 5.09. The lowest BCUT2D eigenvalue weighted by Crippen LogP contribution is -2.24. The van der Waals surface area contributed by atoms with Gasteiger partial charge in [-0.2, -0.15) is 5.10 Å². The Balaban J connectivity index is 1.63. The molecule has 7 nitrogen and oxygen atoms in total. The molecule has 7 heteroatoms. The van der Waals surface area contributed by atoms with Gasteiger partial charge in [-0.05, 0) is 44.2 Å². The van der Waals surface area contributed by atoms with E-state index in [-0.39, 0.29) is 18.3 Å². The van der Waals surface area contributed by atoms with Gasteiger partial charge in [0.2, 0.25) is 5.91 Å². The molecule has 0 atom stereocenters. The maximum atomic E-state index is 12.6. The van der Waals surface area contributed by atoms with Crippen LogP contribution >= 0.6 is 0 Å². The van der Waals surface area contributed by atoms with E-state index in [1.54, 1.807) is 30.2 Å². The van der Waals surface area contributed by atoms with Gasteiger partial charge < -0.3 is 14.1 Å².